The van der Waals surface area contributed by atoms with Gasteiger partial charge in [-0.2, -0.15) is 0 Å². The van der Waals surface area contributed by atoms with Gasteiger partial charge in [0.25, 0.3) is 0 Å². The normalized spacial score (nSPS) is 18.1. The minimum absolute atomic E-state index is 0.853. The van der Waals surface area contributed by atoms with Crippen LogP contribution in [0.1, 0.15) is 6.92 Å². The van der Waals surface area contributed by atoms with Crippen LogP contribution in [0.25, 0.3) is 0 Å². The molecule has 1 rings (SSSR count). The van der Waals surface area contributed by atoms with E-state index in [1.807, 2.05) is 6.92 Å². The van der Waals surface area contributed by atoms with Crippen LogP contribution < -0.4 is 0 Å². The third-order valence-electron chi connectivity index (χ3n) is 1.07. The predicted molar refractivity (Wildman–Crippen MR) is 37.1 cm³/mol. The summed E-state index contributed by atoms with van der Waals surface area (Å²) in [5, 5.41) is 0. The van der Waals surface area contributed by atoms with Gasteiger partial charge in [0.1, 0.15) is 0 Å². The maximum Gasteiger partial charge on any atom is 0.225 e. The third-order valence-corrected chi connectivity index (χ3v) is 2.99. The molecule has 0 bridgehead atoms. The minimum Gasteiger partial charge on any atom is -0.412 e. The van der Waals surface area contributed by atoms with Crippen molar-refractivity contribution in [2.75, 3.05) is 6.61 Å². The van der Waals surface area contributed by atoms with Crippen LogP contribution in [0.15, 0.2) is 23.6 Å². The van der Waals surface area contributed by atoms with Gasteiger partial charge in [0.2, 0.25) is 9.04 Å². The third kappa shape index (κ3) is 1.32. The topological polar surface area (TPSA) is 9.23 Å². The van der Waals surface area contributed by atoms with Gasteiger partial charge in [-0.3, -0.25) is 0 Å². The largest absolute Gasteiger partial charge is 0.412 e. The second-order valence-corrected chi connectivity index (χ2v) is 3.72. The smallest absolute Gasteiger partial charge is 0.225 e. The Bertz CT molecular complexity index is 106. The molecule has 0 unspecified atom stereocenters. The van der Waals surface area contributed by atoms with Crippen LogP contribution in [0, 0.1) is 0 Å². The molecule has 0 N–H and O–H groups in total. The van der Waals surface area contributed by atoms with Crippen LogP contribution >= 0.6 is 0 Å². The van der Waals surface area contributed by atoms with Crippen LogP contribution in [0.5, 0.6) is 0 Å². The Morgan fingerprint density at radius 3 is 2.50 bits per heavy atom. The fourth-order valence-corrected chi connectivity index (χ4v) is 2.15. The molecular weight excluding hydrogens is 116 g/mol. The molecule has 0 radical (unpaired) electrons. The van der Waals surface area contributed by atoms with E-state index in [1.165, 1.54) is 0 Å². The quantitative estimate of drug-likeness (QED) is 0.501. The molecule has 8 heavy (non-hydrogen) atoms. The Balaban J connectivity index is 2.27. The van der Waals surface area contributed by atoms with Gasteiger partial charge in [-0.25, -0.2) is 0 Å². The van der Waals surface area contributed by atoms with Crippen LogP contribution in [-0.2, 0) is 4.43 Å². The summed E-state index contributed by atoms with van der Waals surface area (Å²) in [6, 6.07) is 0. The Hall–Kier alpha value is -0.343. The highest BCUT2D eigenvalue weighted by atomic mass is 28.3. The van der Waals surface area contributed by atoms with Crippen molar-refractivity contribution in [3.8, 4) is 0 Å². The molecule has 1 nitrogen and oxygen atoms in total. The molecule has 0 aliphatic carbocycles. The van der Waals surface area contributed by atoms with Crippen molar-refractivity contribution in [1.82, 2.24) is 0 Å². The maximum atomic E-state index is 5.37. The van der Waals surface area contributed by atoms with Crippen molar-refractivity contribution in [2.24, 2.45) is 0 Å². The molecule has 1 aliphatic heterocycles. The van der Waals surface area contributed by atoms with Crippen LogP contribution in [0.4, 0.5) is 0 Å². The zero-order valence-electron chi connectivity index (χ0n) is 5.00. The zero-order valence-corrected chi connectivity index (χ0v) is 6.16. The average molecular weight is 126 g/mol. The number of hydrogen-bond donors (Lipinski definition) is 0. The van der Waals surface area contributed by atoms with E-state index in [0.29, 0.717) is 0 Å². The second kappa shape index (κ2) is 2.84. The lowest BCUT2D eigenvalue weighted by molar-refractivity contribution is 0.357. The Morgan fingerprint density at radius 1 is 1.38 bits per heavy atom. The predicted octanol–water partition coefficient (Wildman–Crippen LogP) is 0.951. The fourth-order valence-electron chi connectivity index (χ4n) is 0.715. The summed E-state index contributed by atoms with van der Waals surface area (Å²) < 4.78 is 5.37. The molecule has 0 saturated heterocycles. The lowest BCUT2D eigenvalue weighted by Crippen LogP contribution is -2.09. The zero-order chi connectivity index (χ0) is 5.82. The van der Waals surface area contributed by atoms with Crippen molar-refractivity contribution >= 4 is 9.04 Å². The standard InChI is InChI=1S/C6H10OSi/c1-2-7-8-5-3-4-6-8/h3-6,8H,2H2,1H3. The highest BCUT2D eigenvalue weighted by molar-refractivity contribution is 6.64. The number of rotatable bonds is 2. The second-order valence-electron chi connectivity index (χ2n) is 1.69. The first-order chi connectivity index (χ1) is 3.93. The van der Waals surface area contributed by atoms with Gasteiger partial charge in [-0.05, 0) is 6.92 Å². The first-order valence-electron chi connectivity index (χ1n) is 2.90. The Labute approximate surface area is 51.4 Å². The lowest BCUT2D eigenvalue weighted by atomic mass is 10.6. The summed E-state index contributed by atoms with van der Waals surface area (Å²) in [6.45, 7) is 2.89. The maximum absolute atomic E-state index is 5.37. The summed E-state index contributed by atoms with van der Waals surface area (Å²) in [7, 11) is -0.942. The van der Waals surface area contributed by atoms with Gasteiger partial charge in [0.05, 0.1) is 0 Å². The van der Waals surface area contributed by atoms with E-state index in [0.717, 1.165) is 6.61 Å². The number of hydrogen-bond acceptors (Lipinski definition) is 1. The van der Waals surface area contributed by atoms with Crippen LogP contribution in [-0.4, -0.2) is 15.6 Å². The van der Waals surface area contributed by atoms with E-state index >= 15 is 0 Å². The SMILES string of the molecule is CCO[SiH]1C=CC=C1. The van der Waals surface area contributed by atoms with Crippen LogP contribution in [0.2, 0.25) is 0 Å². The van der Waals surface area contributed by atoms with E-state index in [2.05, 4.69) is 23.6 Å². The van der Waals surface area contributed by atoms with Crippen LogP contribution in [0.3, 0.4) is 0 Å². The molecular formula is C6H10OSi. The molecule has 0 aromatic heterocycles. The first-order valence-corrected chi connectivity index (χ1v) is 4.70. The lowest BCUT2D eigenvalue weighted by Gasteiger charge is -1.99. The average Bonchev–Trinajstić information content (AvgIpc) is 2.19. The Morgan fingerprint density at radius 2 is 2.00 bits per heavy atom. The molecule has 2 heteroatoms. The molecule has 0 amide bonds. The van der Waals surface area contributed by atoms with Crippen molar-refractivity contribution in [1.29, 1.82) is 0 Å². The van der Waals surface area contributed by atoms with Gasteiger partial charge in [-0.15, -0.1) is 0 Å². The minimum atomic E-state index is -0.942. The van der Waals surface area contributed by atoms with E-state index in [-0.39, 0.29) is 0 Å². The number of allylic oxidation sites excluding steroid dienone is 2. The van der Waals surface area contributed by atoms with Crippen molar-refractivity contribution < 1.29 is 4.43 Å². The van der Waals surface area contributed by atoms with Gasteiger partial charge in [-0.1, -0.05) is 23.6 Å². The van der Waals surface area contributed by atoms with E-state index < -0.39 is 9.04 Å². The summed E-state index contributed by atoms with van der Waals surface area (Å²) in [6.07, 6.45) is 4.12. The Kier molecular flexibility index (Phi) is 2.06. The molecule has 0 saturated carbocycles. The van der Waals surface area contributed by atoms with Gasteiger partial charge in [0, 0.05) is 6.61 Å². The fraction of sp³-hybridized carbons (Fsp3) is 0.333. The highest BCUT2D eigenvalue weighted by Crippen LogP contribution is 1.98. The summed E-state index contributed by atoms with van der Waals surface area (Å²) >= 11 is 0. The van der Waals surface area contributed by atoms with E-state index in [4.69, 9.17) is 4.43 Å². The molecule has 0 fully saturated rings. The van der Waals surface area contributed by atoms with Gasteiger partial charge in [0.15, 0.2) is 0 Å². The molecule has 0 aromatic rings. The highest BCUT2D eigenvalue weighted by Gasteiger charge is 2.02. The summed E-state index contributed by atoms with van der Waals surface area (Å²) in [5.41, 5.74) is 4.34. The monoisotopic (exact) mass is 126 g/mol. The summed E-state index contributed by atoms with van der Waals surface area (Å²) in [5.74, 6) is 0. The van der Waals surface area contributed by atoms with E-state index in [9.17, 15) is 0 Å². The van der Waals surface area contributed by atoms with Gasteiger partial charge >= 0.3 is 0 Å². The molecule has 0 aromatic carbocycles. The first kappa shape index (κ1) is 5.79. The van der Waals surface area contributed by atoms with Crippen molar-refractivity contribution in [2.45, 2.75) is 6.92 Å². The van der Waals surface area contributed by atoms with Gasteiger partial charge < -0.3 is 4.43 Å². The molecule has 0 atom stereocenters. The molecule has 44 valence electrons. The molecule has 0 spiro atoms. The molecule has 1 aliphatic rings. The van der Waals surface area contributed by atoms with E-state index in [1.54, 1.807) is 0 Å². The molecule has 1 heterocycles. The summed E-state index contributed by atoms with van der Waals surface area (Å²) in [4.78, 5) is 0. The van der Waals surface area contributed by atoms with Crippen molar-refractivity contribution in [3.05, 3.63) is 23.6 Å². The van der Waals surface area contributed by atoms with Crippen molar-refractivity contribution in [3.63, 3.8) is 0 Å².